The van der Waals surface area contributed by atoms with E-state index in [1.807, 2.05) is 0 Å². The number of nitrogens with zero attached hydrogens (tertiary/aromatic N) is 1. The van der Waals surface area contributed by atoms with Gasteiger partial charge in [0.2, 0.25) is 0 Å². The van der Waals surface area contributed by atoms with Crippen LogP contribution in [0, 0.1) is 5.92 Å². The fraction of sp³-hybridized carbons (Fsp3) is 1.00. The first-order valence-electron chi connectivity index (χ1n) is 6.94. The summed E-state index contributed by atoms with van der Waals surface area (Å²) in [7, 11) is -1.73. The van der Waals surface area contributed by atoms with Gasteiger partial charge in [0, 0.05) is 32.8 Å². The molecule has 2 N–H and O–H groups in total. The van der Waals surface area contributed by atoms with E-state index in [0.29, 0.717) is 31.7 Å². The Morgan fingerprint density at radius 1 is 1.42 bits per heavy atom. The summed E-state index contributed by atoms with van der Waals surface area (Å²) < 4.78 is 33.2. The molecule has 1 saturated heterocycles. The second kappa shape index (κ2) is 8.16. The van der Waals surface area contributed by atoms with Gasteiger partial charge in [-0.05, 0) is 25.3 Å². The van der Waals surface area contributed by atoms with Crippen LogP contribution >= 0.6 is 0 Å². The molecule has 1 rings (SSSR count). The summed E-state index contributed by atoms with van der Waals surface area (Å²) in [6, 6.07) is 0.433. The molecule has 0 aromatic carbocycles. The van der Waals surface area contributed by atoms with Crippen LogP contribution in [0.2, 0.25) is 0 Å². The lowest BCUT2D eigenvalue weighted by molar-refractivity contribution is 0.186. The first-order valence-corrected chi connectivity index (χ1v) is 8.38. The molecule has 1 aliphatic heterocycles. The van der Waals surface area contributed by atoms with Gasteiger partial charge < -0.3 is 10.1 Å². The number of ether oxygens (including phenoxy) is 1. The van der Waals surface area contributed by atoms with Crippen molar-refractivity contribution in [2.75, 3.05) is 39.9 Å². The molecule has 19 heavy (non-hydrogen) atoms. The third-order valence-corrected chi connectivity index (χ3v) is 4.73. The molecule has 1 fully saturated rings. The summed E-state index contributed by atoms with van der Waals surface area (Å²) >= 11 is 0. The summed E-state index contributed by atoms with van der Waals surface area (Å²) in [5, 5.41) is 3.27. The molecule has 0 spiro atoms. The van der Waals surface area contributed by atoms with Crippen molar-refractivity contribution in [2.45, 2.75) is 32.7 Å². The molecular formula is C12H27N3O3S. The van der Waals surface area contributed by atoms with E-state index < -0.39 is 10.2 Å². The smallest absolute Gasteiger partial charge is 0.279 e. The molecule has 1 atom stereocenters. The average Bonchev–Trinajstić information content (AvgIpc) is 2.84. The van der Waals surface area contributed by atoms with Crippen LogP contribution in [-0.4, -0.2) is 58.7 Å². The third-order valence-electron chi connectivity index (χ3n) is 3.19. The lowest BCUT2D eigenvalue weighted by Crippen LogP contribution is -2.41. The highest BCUT2D eigenvalue weighted by molar-refractivity contribution is 7.87. The maximum absolute atomic E-state index is 12.0. The summed E-state index contributed by atoms with van der Waals surface area (Å²) in [5.41, 5.74) is 0. The Morgan fingerprint density at radius 3 is 2.74 bits per heavy atom. The summed E-state index contributed by atoms with van der Waals surface area (Å²) in [6.07, 6.45) is 1.74. The van der Waals surface area contributed by atoms with Gasteiger partial charge in [0.15, 0.2) is 0 Å². The van der Waals surface area contributed by atoms with E-state index in [9.17, 15) is 8.42 Å². The van der Waals surface area contributed by atoms with Crippen molar-refractivity contribution in [2.24, 2.45) is 5.92 Å². The summed E-state index contributed by atoms with van der Waals surface area (Å²) in [6.45, 7) is 7.37. The van der Waals surface area contributed by atoms with Gasteiger partial charge in [-0.25, -0.2) is 4.72 Å². The van der Waals surface area contributed by atoms with E-state index in [0.717, 1.165) is 26.0 Å². The van der Waals surface area contributed by atoms with Crippen LogP contribution < -0.4 is 10.0 Å². The van der Waals surface area contributed by atoms with Gasteiger partial charge >= 0.3 is 0 Å². The summed E-state index contributed by atoms with van der Waals surface area (Å²) in [4.78, 5) is 0. The predicted molar refractivity (Wildman–Crippen MR) is 76.2 cm³/mol. The lowest BCUT2D eigenvalue weighted by atomic mass is 10.1. The van der Waals surface area contributed by atoms with Crippen LogP contribution in [-0.2, 0) is 14.9 Å². The molecule has 1 heterocycles. The minimum absolute atomic E-state index is 0.311. The molecule has 0 bridgehead atoms. The van der Waals surface area contributed by atoms with Crippen LogP contribution in [0.25, 0.3) is 0 Å². The van der Waals surface area contributed by atoms with E-state index in [2.05, 4.69) is 23.9 Å². The molecule has 1 aliphatic rings. The minimum atomic E-state index is -3.35. The Kier molecular flexibility index (Phi) is 7.23. The van der Waals surface area contributed by atoms with Crippen molar-refractivity contribution in [3.05, 3.63) is 0 Å². The SMILES string of the molecule is CC(C)NCCCN(C)S(=O)(=O)NCC1CCOC1. The maximum Gasteiger partial charge on any atom is 0.279 e. The number of hydrogen-bond acceptors (Lipinski definition) is 4. The summed E-state index contributed by atoms with van der Waals surface area (Å²) in [5.74, 6) is 0.311. The Labute approximate surface area is 117 Å². The Hall–Kier alpha value is -0.210. The van der Waals surface area contributed by atoms with Gasteiger partial charge in [0.05, 0.1) is 6.61 Å². The zero-order valence-corrected chi connectivity index (χ0v) is 13.0. The van der Waals surface area contributed by atoms with E-state index >= 15 is 0 Å². The van der Waals surface area contributed by atoms with Gasteiger partial charge in [0.1, 0.15) is 0 Å². The van der Waals surface area contributed by atoms with Gasteiger partial charge in [-0.3, -0.25) is 0 Å². The molecule has 0 saturated carbocycles. The highest BCUT2D eigenvalue weighted by Crippen LogP contribution is 2.11. The molecule has 0 radical (unpaired) electrons. The predicted octanol–water partition coefficient (Wildman–Crippen LogP) is 0.177. The normalized spacial score (nSPS) is 20.6. The van der Waals surface area contributed by atoms with Crippen LogP contribution in [0.1, 0.15) is 26.7 Å². The van der Waals surface area contributed by atoms with Crippen molar-refractivity contribution < 1.29 is 13.2 Å². The number of nitrogens with one attached hydrogen (secondary N) is 2. The van der Waals surface area contributed by atoms with Gasteiger partial charge in [-0.2, -0.15) is 12.7 Å². The zero-order valence-electron chi connectivity index (χ0n) is 12.2. The highest BCUT2D eigenvalue weighted by Gasteiger charge is 2.21. The van der Waals surface area contributed by atoms with E-state index in [1.165, 1.54) is 4.31 Å². The second-order valence-electron chi connectivity index (χ2n) is 5.37. The fourth-order valence-corrected chi connectivity index (χ4v) is 2.93. The molecule has 1 unspecified atom stereocenters. The Morgan fingerprint density at radius 2 is 2.16 bits per heavy atom. The molecule has 0 aromatic heterocycles. The standard InChI is InChI=1S/C12H27N3O3S/c1-11(2)13-6-4-7-15(3)19(16,17)14-9-12-5-8-18-10-12/h11-14H,4-10H2,1-3H3. The molecule has 7 heteroatoms. The minimum Gasteiger partial charge on any atom is -0.381 e. The van der Waals surface area contributed by atoms with Crippen molar-refractivity contribution in [3.63, 3.8) is 0 Å². The van der Waals surface area contributed by atoms with Gasteiger partial charge in [-0.1, -0.05) is 13.8 Å². The van der Waals surface area contributed by atoms with Gasteiger partial charge in [-0.15, -0.1) is 0 Å². The van der Waals surface area contributed by atoms with Crippen LogP contribution in [0.5, 0.6) is 0 Å². The molecule has 0 aromatic rings. The van der Waals surface area contributed by atoms with Crippen LogP contribution in [0.4, 0.5) is 0 Å². The van der Waals surface area contributed by atoms with Crippen LogP contribution in [0.15, 0.2) is 0 Å². The largest absolute Gasteiger partial charge is 0.381 e. The first kappa shape index (κ1) is 16.8. The van der Waals surface area contributed by atoms with Crippen molar-refractivity contribution in [1.82, 2.24) is 14.3 Å². The first-order chi connectivity index (χ1) is 8.92. The zero-order chi connectivity index (χ0) is 14.3. The number of rotatable bonds is 9. The third kappa shape index (κ3) is 6.67. The van der Waals surface area contributed by atoms with Crippen LogP contribution in [0.3, 0.4) is 0 Å². The molecule has 6 nitrogen and oxygen atoms in total. The van der Waals surface area contributed by atoms with Crippen molar-refractivity contribution >= 4 is 10.2 Å². The highest BCUT2D eigenvalue weighted by atomic mass is 32.2. The van der Waals surface area contributed by atoms with Crippen molar-refractivity contribution in [1.29, 1.82) is 0 Å². The second-order valence-corrected chi connectivity index (χ2v) is 7.23. The quantitative estimate of drug-likeness (QED) is 0.595. The number of hydrogen-bond donors (Lipinski definition) is 2. The maximum atomic E-state index is 12.0. The monoisotopic (exact) mass is 293 g/mol. The molecular weight excluding hydrogens is 266 g/mol. The topological polar surface area (TPSA) is 70.7 Å². The van der Waals surface area contributed by atoms with E-state index in [1.54, 1.807) is 7.05 Å². The van der Waals surface area contributed by atoms with Crippen molar-refractivity contribution in [3.8, 4) is 0 Å². The average molecular weight is 293 g/mol. The fourth-order valence-electron chi connectivity index (χ4n) is 1.89. The van der Waals surface area contributed by atoms with Gasteiger partial charge in [0.25, 0.3) is 10.2 Å². The molecule has 0 amide bonds. The Balaban J connectivity index is 2.22. The molecule has 0 aliphatic carbocycles. The lowest BCUT2D eigenvalue weighted by Gasteiger charge is -2.19. The Bertz CT molecular complexity index is 340. The van der Waals surface area contributed by atoms with E-state index in [-0.39, 0.29) is 0 Å². The van der Waals surface area contributed by atoms with E-state index in [4.69, 9.17) is 4.74 Å². The molecule has 114 valence electrons.